The molecule has 0 spiro atoms. The molecule has 3 rings (SSSR count). The zero-order chi connectivity index (χ0) is 27.1. The van der Waals surface area contributed by atoms with Crippen LogP contribution >= 0.6 is 11.6 Å². The Labute approximate surface area is 208 Å². The summed E-state index contributed by atoms with van der Waals surface area (Å²) in [5.41, 5.74) is -1.13. The quantitative estimate of drug-likeness (QED) is 0.480. The van der Waals surface area contributed by atoms with Crippen LogP contribution in [0.1, 0.15) is 22.8 Å². The summed E-state index contributed by atoms with van der Waals surface area (Å²) in [4.78, 5) is 15.8. The number of amides is 1. The molecule has 1 aliphatic rings. The van der Waals surface area contributed by atoms with Crippen molar-refractivity contribution < 1.29 is 44.3 Å². The molecule has 0 N–H and O–H groups in total. The first-order chi connectivity index (χ1) is 16.5. The zero-order valence-electron chi connectivity index (χ0n) is 19.0. The molecule has 0 saturated carbocycles. The molecule has 198 valence electrons. The highest BCUT2D eigenvalue weighted by Gasteiger charge is 2.39. The highest BCUT2D eigenvalue weighted by atomic mass is 35.5. The van der Waals surface area contributed by atoms with Gasteiger partial charge in [0.25, 0.3) is 5.91 Å². The van der Waals surface area contributed by atoms with Crippen molar-refractivity contribution in [1.82, 2.24) is 4.90 Å². The molecule has 0 aromatic heterocycles. The minimum atomic E-state index is -4.73. The lowest BCUT2D eigenvalue weighted by Gasteiger charge is -2.36. The van der Waals surface area contributed by atoms with Crippen molar-refractivity contribution in [3.05, 3.63) is 52.5 Å². The van der Waals surface area contributed by atoms with Gasteiger partial charge in [-0.3, -0.25) is 4.79 Å². The maximum absolute atomic E-state index is 13.2. The number of sulfone groups is 1. The lowest BCUT2D eigenvalue weighted by atomic mass is 10.1. The molecule has 1 heterocycles. The van der Waals surface area contributed by atoms with Crippen LogP contribution in [0.25, 0.3) is 0 Å². The van der Waals surface area contributed by atoms with E-state index >= 15 is 0 Å². The monoisotopic (exact) mass is 558 g/mol. The van der Waals surface area contributed by atoms with Gasteiger partial charge in [0.2, 0.25) is 0 Å². The summed E-state index contributed by atoms with van der Waals surface area (Å²) < 4.78 is 107. The molecule has 0 bridgehead atoms. The molecule has 2 aromatic rings. The van der Waals surface area contributed by atoms with E-state index in [1.807, 2.05) is 0 Å². The summed E-state index contributed by atoms with van der Waals surface area (Å²) in [5, 5.41) is -0.452. The van der Waals surface area contributed by atoms with Crippen LogP contribution in [-0.4, -0.2) is 63.9 Å². The van der Waals surface area contributed by atoms with Crippen molar-refractivity contribution in [2.75, 3.05) is 37.3 Å². The van der Waals surface area contributed by atoms with Gasteiger partial charge >= 0.3 is 12.4 Å². The van der Waals surface area contributed by atoms with Crippen LogP contribution in [0.15, 0.2) is 41.3 Å². The van der Waals surface area contributed by atoms with Crippen LogP contribution in [0, 0.1) is 0 Å². The van der Waals surface area contributed by atoms with Crippen LogP contribution in [0.2, 0.25) is 5.02 Å². The molecule has 1 unspecified atom stereocenters. The average Bonchev–Trinajstić information content (AvgIpc) is 2.77. The number of alkyl halides is 6. The van der Waals surface area contributed by atoms with Gasteiger partial charge in [0, 0.05) is 38.1 Å². The Bertz CT molecular complexity index is 1240. The molecule has 1 saturated heterocycles. The lowest BCUT2D eigenvalue weighted by molar-refractivity contribution is -0.189. The van der Waals surface area contributed by atoms with Crippen LogP contribution in [0.3, 0.4) is 0 Å². The van der Waals surface area contributed by atoms with Crippen molar-refractivity contribution in [1.29, 1.82) is 0 Å². The largest absolute Gasteiger partial charge is 0.480 e. The summed E-state index contributed by atoms with van der Waals surface area (Å²) in [6.45, 7) is 1.01. The number of nitrogens with zero attached hydrogens (tertiary/aromatic N) is 2. The summed E-state index contributed by atoms with van der Waals surface area (Å²) in [6, 6.07) is 6.43. The van der Waals surface area contributed by atoms with E-state index in [0.29, 0.717) is 0 Å². The lowest BCUT2D eigenvalue weighted by Crippen LogP contribution is -2.49. The van der Waals surface area contributed by atoms with Crippen molar-refractivity contribution >= 4 is 33.0 Å². The maximum Gasteiger partial charge on any atom is 0.425 e. The molecule has 0 aliphatic carbocycles. The summed E-state index contributed by atoms with van der Waals surface area (Å²) >= 11 is 5.66. The Morgan fingerprint density at radius 1 is 1.00 bits per heavy atom. The summed E-state index contributed by atoms with van der Waals surface area (Å²) in [6.07, 6.45) is -10.8. The van der Waals surface area contributed by atoms with Gasteiger partial charge in [0.15, 0.2) is 15.9 Å². The Morgan fingerprint density at radius 3 is 2.14 bits per heavy atom. The normalized spacial score (nSPS) is 16.1. The molecule has 0 radical (unpaired) electrons. The number of piperazine rings is 1. The van der Waals surface area contributed by atoms with E-state index in [-0.39, 0.29) is 42.3 Å². The van der Waals surface area contributed by atoms with E-state index in [1.165, 1.54) is 11.0 Å². The van der Waals surface area contributed by atoms with Gasteiger partial charge in [-0.2, -0.15) is 26.3 Å². The third-order valence-electron chi connectivity index (χ3n) is 5.56. The molecule has 1 fully saturated rings. The minimum absolute atomic E-state index is 0.0141. The molecule has 6 nitrogen and oxygen atoms in total. The molecular weight excluding hydrogens is 538 g/mol. The first-order valence-electron chi connectivity index (χ1n) is 10.5. The molecule has 14 heteroatoms. The van der Waals surface area contributed by atoms with Crippen molar-refractivity contribution in [2.24, 2.45) is 0 Å². The van der Waals surface area contributed by atoms with E-state index in [0.717, 1.165) is 43.5 Å². The molecule has 36 heavy (non-hydrogen) atoms. The van der Waals surface area contributed by atoms with Gasteiger partial charge in [0.1, 0.15) is 5.75 Å². The third kappa shape index (κ3) is 6.36. The highest BCUT2D eigenvalue weighted by Crippen LogP contribution is 2.37. The number of anilines is 1. The number of benzene rings is 2. The van der Waals surface area contributed by atoms with Gasteiger partial charge in [0.05, 0.1) is 21.0 Å². The number of hydrogen-bond acceptors (Lipinski definition) is 5. The second kappa shape index (κ2) is 10.0. The summed E-state index contributed by atoms with van der Waals surface area (Å²) in [7, 11) is -3.79. The van der Waals surface area contributed by atoms with Crippen LogP contribution in [-0.2, 0) is 16.0 Å². The van der Waals surface area contributed by atoms with Crippen molar-refractivity contribution in [3.8, 4) is 5.75 Å². The summed E-state index contributed by atoms with van der Waals surface area (Å²) in [5.74, 6) is -1.20. The number of halogens is 7. The van der Waals surface area contributed by atoms with E-state index in [9.17, 15) is 39.6 Å². The number of carbonyl (C=O) groups is 1. The average molecular weight is 559 g/mol. The van der Waals surface area contributed by atoms with Gasteiger partial charge < -0.3 is 14.5 Å². The van der Waals surface area contributed by atoms with E-state index in [4.69, 9.17) is 16.3 Å². The molecule has 2 aromatic carbocycles. The first kappa shape index (κ1) is 27.9. The van der Waals surface area contributed by atoms with Crippen LogP contribution in [0.4, 0.5) is 32.0 Å². The Balaban J connectivity index is 1.84. The number of ether oxygens (including phenoxy) is 1. The van der Waals surface area contributed by atoms with Crippen molar-refractivity contribution in [2.45, 2.75) is 30.3 Å². The topological polar surface area (TPSA) is 66.9 Å². The second-order valence-corrected chi connectivity index (χ2v) is 10.6. The first-order valence-corrected chi connectivity index (χ1v) is 12.7. The SMILES string of the molecule is CC(Oc1ccc(S(C)(=O)=O)cc1C(=O)N1CCN(c2ccc(Cl)c(C(F)(F)F)c2)CC1)C(F)(F)F. The standard InChI is InChI=1S/C22H21ClF6N2O4S/c1-13(21(24,25)26)35-19-6-4-15(36(2,33)34)12-16(19)20(32)31-9-7-30(8-10-31)14-3-5-18(23)17(11-14)22(27,28)29/h3-6,11-13H,7-10H2,1-2H3. The number of hydrogen-bond donors (Lipinski definition) is 0. The maximum atomic E-state index is 13.2. The van der Waals surface area contributed by atoms with Gasteiger partial charge in [-0.05, 0) is 43.3 Å². The fraction of sp³-hybridized carbons (Fsp3) is 0.409. The third-order valence-corrected chi connectivity index (χ3v) is 7.00. The van der Waals surface area contributed by atoms with Gasteiger partial charge in [-0.1, -0.05) is 11.6 Å². The predicted octanol–water partition coefficient (Wildman–Crippen LogP) is 5.05. The van der Waals surface area contributed by atoms with Gasteiger partial charge in [-0.15, -0.1) is 0 Å². The van der Waals surface area contributed by atoms with Crippen molar-refractivity contribution in [3.63, 3.8) is 0 Å². The predicted molar refractivity (Wildman–Crippen MR) is 120 cm³/mol. The Morgan fingerprint density at radius 2 is 1.61 bits per heavy atom. The van der Waals surface area contributed by atoms with Crippen LogP contribution < -0.4 is 9.64 Å². The minimum Gasteiger partial charge on any atom is -0.480 e. The van der Waals surface area contributed by atoms with E-state index in [1.54, 1.807) is 4.90 Å². The van der Waals surface area contributed by atoms with E-state index in [2.05, 4.69) is 0 Å². The smallest absolute Gasteiger partial charge is 0.425 e. The number of rotatable bonds is 5. The molecule has 1 atom stereocenters. The fourth-order valence-corrected chi connectivity index (χ4v) is 4.40. The fourth-order valence-electron chi connectivity index (χ4n) is 3.53. The second-order valence-electron chi connectivity index (χ2n) is 8.17. The van der Waals surface area contributed by atoms with Gasteiger partial charge in [-0.25, -0.2) is 8.42 Å². The van der Waals surface area contributed by atoms with Crippen LogP contribution in [0.5, 0.6) is 5.75 Å². The molecule has 1 amide bonds. The molecular formula is C22H21ClF6N2O4S. The van der Waals surface area contributed by atoms with E-state index < -0.39 is 50.5 Å². The Hall–Kier alpha value is -2.67. The zero-order valence-corrected chi connectivity index (χ0v) is 20.5. The Kier molecular flexibility index (Phi) is 7.75. The highest BCUT2D eigenvalue weighted by molar-refractivity contribution is 7.90. The number of carbonyl (C=O) groups excluding carboxylic acids is 1. The molecule has 1 aliphatic heterocycles.